The first-order valence-electron chi connectivity index (χ1n) is 6.70. The molecule has 0 aromatic heterocycles. The summed E-state index contributed by atoms with van der Waals surface area (Å²) in [5.74, 6) is 0.270. The summed E-state index contributed by atoms with van der Waals surface area (Å²) in [5.41, 5.74) is 1.12. The first-order chi connectivity index (χ1) is 8.79. The highest BCUT2D eigenvalue weighted by Gasteiger charge is 2.36. The van der Waals surface area contributed by atoms with Crippen molar-refractivity contribution in [2.24, 2.45) is 5.92 Å². The number of rotatable bonds is 2. The van der Waals surface area contributed by atoms with Crippen molar-refractivity contribution in [1.82, 2.24) is 0 Å². The standard InChI is InChI=1S/C16H22O3/c1-10-4-6-14(16(2,3)19)12(8-10)13-9-11(17)5-7-15(13)18/h5,7-9,12,14,17-19H,4,6H2,1-3H3. The van der Waals surface area contributed by atoms with Crippen LogP contribution in [-0.4, -0.2) is 20.9 Å². The Morgan fingerprint density at radius 3 is 2.53 bits per heavy atom. The van der Waals surface area contributed by atoms with Crippen molar-refractivity contribution in [3.05, 3.63) is 35.4 Å². The first kappa shape index (κ1) is 13.9. The van der Waals surface area contributed by atoms with Crippen molar-refractivity contribution in [2.75, 3.05) is 0 Å². The predicted octanol–water partition coefficient (Wildman–Crippen LogP) is 3.31. The Labute approximate surface area is 114 Å². The zero-order valence-electron chi connectivity index (χ0n) is 11.7. The summed E-state index contributed by atoms with van der Waals surface area (Å²) in [6.07, 6.45) is 3.94. The minimum atomic E-state index is -0.820. The fraction of sp³-hybridized carbons (Fsp3) is 0.500. The first-order valence-corrected chi connectivity index (χ1v) is 6.70. The molecule has 0 saturated carbocycles. The molecule has 2 atom stereocenters. The van der Waals surface area contributed by atoms with Crippen LogP contribution in [0.5, 0.6) is 11.5 Å². The van der Waals surface area contributed by atoms with Crippen LogP contribution in [0.2, 0.25) is 0 Å². The van der Waals surface area contributed by atoms with Crippen molar-refractivity contribution < 1.29 is 15.3 Å². The molecule has 0 fully saturated rings. The third kappa shape index (κ3) is 2.92. The maximum Gasteiger partial charge on any atom is 0.119 e. The lowest BCUT2D eigenvalue weighted by atomic mass is 9.70. The van der Waals surface area contributed by atoms with Crippen molar-refractivity contribution in [3.8, 4) is 11.5 Å². The highest BCUT2D eigenvalue weighted by Crippen LogP contribution is 2.45. The van der Waals surface area contributed by atoms with Crippen molar-refractivity contribution in [2.45, 2.75) is 45.1 Å². The van der Waals surface area contributed by atoms with Gasteiger partial charge in [0.1, 0.15) is 11.5 Å². The van der Waals surface area contributed by atoms with E-state index in [1.807, 2.05) is 0 Å². The highest BCUT2D eigenvalue weighted by atomic mass is 16.3. The molecule has 2 unspecified atom stereocenters. The molecule has 19 heavy (non-hydrogen) atoms. The summed E-state index contributed by atoms with van der Waals surface area (Å²) < 4.78 is 0. The van der Waals surface area contributed by atoms with Crippen LogP contribution in [0.4, 0.5) is 0 Å². The Bertz CT molecular complexity index is 497. The summed E-state index contributed by atoms with van der Waals surface area (Å²) >= 11 is 0. The van der Waals surface area contributed by atoms with E-state index in [9.17, 15) is 15.3 Å². The summed E-state index contributed by atoms with van der Waals surface area (Å²) in [7, 11) is 0. The van der Waals surface area contributed by atoms with Crippen LogP contribution in [0.1, 0.15) is 45.1 Å². The fourth-order valence-electron chi connectivity index (χ4n) is 2.98. The maximum atomic E-state index is 10.3. The van der Waals surface area contributed by atoms with Gasteiger partial charge in [-0.3, -0.25) is 0 Å². The molecule has 1 aliphatic carbocycles. The van der Waals surface area contributed by atoms with E-state index in [0.29, 0.717) is 5.56 Å². The smallest absolute Gasteiger partial charge is 0.119 e. The van der Waals surface area contributed by atoms with Crippen LogP contribution >= 0.6 is 0 Å². The van der Waals surface area contributed by atoms with Gasteiger partial charge in [-0.25, -0.2) is 0 Å². The number of phenols is 2. The van der Waals surface area contributed by atoms with Gasteiger partial charge in [0, 0.05) is 11.5 Å². The third-order valence-electron chi connectivity index (χ3n) is 4.02. The number of benzene rings is 1. The number of allylic oxidation sites excluding steroid dienone is 2. The SMILES string of the molecule is CC1=CC(c2cc(O)ccc2O)C(C(C)(C)O)CC1. The van der Waals surface area contributed by atoms with Crippen LogP contribution in [-0.2, 0) is 0 Å². The molecule has 1 aromatic rings. The van der Waals surface area contributed by atoms with Gasteiger partial charge in [0.25, 0.3) is 0 Å². The van der Waals surface area contributed by atoms with Gasteiger partial charge in [0.05, 0.1) is 5.60 Å². The van der Waals surface area contributed by atoms with E-state index in [4.69, 9.17) is 0 Å². The van der Waals surface area contributed by atoms with E-state index in [1.54, 1.807) is 19.9 Å². The van der Waals surface area contributed by atoms with E-state index in [-0.39, 0.29) is 23.3 Å². The van der Waals surface area contributed by atoms with Crippen molar-refractivity contribution in [1.29, 1.82) is 0 Å². The Balaban J connectivity index is 2.48. The lowest BCUT2D eigenvalue weighted by Crippen LogP contribution is -2.36. The van der Waals surface area contributed by atoms with E-state index < -0.39 is 5.60 Å². The number of phenolic OH excluding ortho intramolecular Hbond substituents is 2. The van der Waals surface area contributed by atoms with Gasteiger partial charge in [-0.15, -0.1) is 0 Å². The predicted molar refractivity (Wildman–Crippen MR) is 75.3 cm³/mol. The quantitative estimate of drug-likeness (QED) is 0.566. The van der Waals surface area contributed by atoms with Gasteiger partial charge in [0.2, 0.25) is 0 Å². The molecule has 0 heterocycles. The molecule has 3 nitrogen and oxygen atoms in total. The summed E-state index contributed by atoms with van der Waals surface area (Å²) in [6, 6.07) is 4.56. The topological polar surface area (TPSA) is 60.7 Å². The largest absolute Gasteiger partial charge is 0.508 e. The van der Waals surface area contributed by atoms with E-state index in [1.165, 1.54) is 17.7 Å². The van der Waals surface area contributed by atoms with Crippen LogP contribution in [0.25, 0.3) is 0 Å². The Kier molecular flexibility index (Phi) is 3.59. The molecule has 3 heteroatoms. The average Bonchev–Trinajstić information content (AvgIpc) is 2.30. The molecule has 0 aliphatic heterocycles. The van der Waals surface area contributed by atoms with Gasteiger partial charge in [-0.1, -0.05) is 11.6 Å². The second-order valence-electron chi connectivity index (χ2n) is 6.08. The third-order valence-corrected chi connectivity index (χ3v) is 4.02. The highest BCUT2D eigenvalue weighted by molar-refractivity contribution is 5.44. The molecule has 0 saturated heterocycles. The zero-order chi connectivity index (χ0) is 14.2. The monoisotopic (exact) mass is 262 g/mol. The lowest BCUT2D eigenvalue weighted by molar-refractivity contribution is 0.00441. The Hall–Kier alpha value is -1.48. The zero-order valence-corrected chi connectivity index (χ0v) is 11.7. The maximum absolute atomic E-state index is 10.3. The van der Waals surface area contributed by atoms with Gasteiger partial charge >= 0.3 is 0 Å². The Morgan fingerprint density at radius 1 is 1.21 bits per heavy atom. The van der Waals surface area contributed by atoms with Crippen LogP contribution in [0.3, 0.4) is 0 Å². The molecule has 3 N–H and O–H groups in total. The second kappa shape index (κ2) is 4.89. The van der Waals surface area contributed by atoms with E-state index in [0.717, 1.165) is 12.8 Å². The Morgan fingerprint density at radius 2 is 1.89 bits per heavy atom. The van der Waals surface area contributed by atoms with Gasteiger partial charge < -0.3 is 15.3 Å². The van der Waals surface area contributed by atoms with Crippen molar-refractivity contribution >= 4 is 0 Å². The summed E-state index contributed by atoms with van der Waals surface area (Å²) in [5, 5.41) is 30.0. The minimum Gasteiger partial charge on any atom is -0.508 e. The fourth-order valence-corrected chi connectivity index (χ4v) is 2.98. The van der Waals surface area contributed by atoms with Crippen molar-refractivity contribution in [3.63, 3.8) is 0 Å². The van der Waals surface area contributed by atoms with Crippen LogP contribution in [0, 0.1) is 5.92 Å². The number of aromatic hydroxyl groups is 2. The summed E-state index contributed by atoms with van der Waals surface area (Å²) in [6.45, 7) is 5.67. The minimum absolute atomic E-state index is 0.0314. The van der Waals surface area contributed by atoms with Crippen LogP contribution < -0.4 is 0 Å². The molecular weight excluding hydrogens is 240 g/mol. The van der Waals surface area contributed by atoms with Crippen LogP contribution in [0.15, 0.2) is 29.8 Å². The molecule has 104 valence electrons. The second-order valence-corrected chi connectivity index (χ2v) is 6.08. The molecular formula is C16H22O3. The normalized spacial score (nSPS) is 24.1. The molecule has 0 radical (unpaired) electrons. The molecule has 1 aromatic carbocycles. The van der Waals surface area contributed by atoms with E-state index in [2.05, 4.69) is 13.0 Å². The van der Waals surface area contributed by atoms with Gasteiger partial charge in [-0.2, -0.15) is 0 Å². The van der Waals surface area contributed by atoms with Gasteiger partial charge in [-0.05, 0) is 57.7 Å². The lowest BCUT2D eigenvalue weighted by Gasteiger charge is -2.38. The molecule has 2 rings (SSSR count). The molecule has 0 amide bonds. The average molecular weight is 262 g/mol. The van der Waals surface area contributed by atoms with Gasteiger partial charge in [0.15, 0.2) is 0 Å². The number of aliphatic hydroxyl groups is 1. The number of hydrogen-bond donors (Lipinski definition) is 3. The van der Waals surface area contributed by atoms with E-state index >= 15 is 0 Å². The number of hydrogen-bond acceptors (Lipinski definition) is 3. The molecule has 0 spiro atoms. The summed E-state index contributed by atoms with van der Waals surface area (Å²) in [4.78, 5) is 0. The molecule has 0 bridgehead atoms. The molecule has 1 aliphatic rings.